The van der Waals surface area contributed by atoms with Gasteiger partial charge < -0.3 is 0 Å². The van der Waals surface area contributed by atoms with Crippen LogP contribution in [0.3, 0.4) is 0 Å². The lowest BCUT2D eigenvalue weighted by molar-refractivity contribution is 0.101. The van der Waals surface area contributed by atoms with Crippen molar-refractivity contribution < 1.29 is 13.2 Å². The molecule has 0 unspecified atom stereocenters. The summed E-state index contributed by atoms with van der Waals surface area (Å²) in [5.74, 6) is -0.261. The van der Waals surface area contributed by atoms with Gasteiger partial charge >= 0.3 is 0 Å². The summed E-state index contributed by atoms with van der Waals surface area (Å²) >= 11 is 7.41. The first kappa shape index (κ1) is 11.4. The first-order valence-electron chi connectivity index (χ1n) is 3.08. The number of carbonyl (C=O) groups excluding carboxylic acids is 1. The molecule has 0 atom stereocenters. The highest BCUT2D eigenvalue weighted by molar-refractivity contribution is 9.12. The third-order valence-corrected chi connectivity index (χ3v) is 5.13. The van der Waals surface area contributed by atoms with Crippen molar-refractivity contribution >= 4 is 59.7 Å². The fourth-order valence-corrected chi connectivity index (χ4v) is 5.46. The van der Waals surface area contributed by atoms with E-state index in [9.17, 15) is 13.2 Å². The van der Waals surface area contributed by atoms with Crippen LogP contribution in [-0.4, -0.2) is 14.2 Å². The minimum Gasteiger partial charge on any atom is -0.294 e. The number of carbonyl (C=O) groups is 1. The summed E-state index contributed by atoms with van der Waals surface area (Å²) in [7, 11) is -2.74. The number of hydrogen-bond acceptors (Lipinski definition) is 4. The largest absolute Gasteiger partial charge is 0.294 e. The minimum absolute atomic E-state index is 0.0689. The maximum Gasteiger partial charge on any atom is 0.171 e. The van der Waals surface area contributed by atoms with Crippen molar-refractivity contribution in [2.75, 3.05) is 0 Å². The van der Waals surface area contributed by atoms with Gasteiger partial charge in [-0.15, -0.1) is 11.3 Å². The molecule has 7 heteroatoms. The van der Waals surface area contributed by atoms with Crippen molar-refractivity contribution in [3.05, 3.63) is 13.1 Å². The predicted octanol–water partition coefficient (Wildman–Crippen LogP) is 2.45. The SMILES string of the molecule is CC(=O)c1c(Br)sc(Br)c1[SH](=O)=O. The second-order valence-corrected chi connectivity index (χ2v) is 6.80. The summed E-state index contributed by atoms with van der Waals surface area (Å²) in [5.41, 5.74) is 0.230. The molecule has 0 fully saturated rings. The second kappa shape index (κ2) is 4.20. The van der Waals surface area contributed by atoms with Gasteiger partial charge in [0, 0.05) is 0 Å². The van der Waals surface area contributed by atoms with Gasteiger partial charge in [0.05, 0.1) is 13.1 Å². The molecule has 0 bridgehead atoms. The monoisotopic (exact) mass is 346 g/mol. The van der Waals surface area contributed by atoms with Crippen molar-refractivity contribution in [2.24, 2.45) is 0 Å². The Balaban J connectivity index is 3.56. The van der Waals surface area contributed by atoms with Crippen LogP contribution in [0.1, 0.15) is 17.3 Å². The van der Waals surface area contributed by atoms with Crippen molar-refractivity contribution in [3.8, 4) is 0 Å². The van der Waals surface area contributed by atoms with Gasteiger partial charge in [-0.1, -0.05) is 0 Å². The molecule has 0 saturated carbocycles. The van der Waals surface area contributed by atoms with E-state index in [4.69, 9.17) is 0 Å². The Labute approximate surface area is 97.4 Å². The first-order valence-corrected chi connectivity index (χ1v) is 6.66. The van der Waals surface area contributed by atoms with Gasteiger partial charge in [-0.3, -0.25) is 4.79 Å². The van der Waals surface area contributed by atoms with E-state index in [2.05, 4.69) is 31.9 Å². The van der Waals surface area contributed by atoms with E-state index >= 15 is 0 Å². The first-order chi connectivity index (χ1) is 5.95. The van der Waals surface area contributed by atoms with E-state index in [0.717, 1.165) is 0 Å². The molecular weight excluding hydrogens is 344 g/mol. The Morgan fingerprint density at radius 2 is 1.85 bits per heavy atom. The van der Waals surface area contributed by atoms with Crippen molar-refractivity contribution in [2.45, 2.75) is 11.8 Å². The van der Waals surface area contributed by atoms with Crippen LogP contribution >= 0.6 is 43.2 Å². The zero-order chi connectivity index (χ0) is 10.2. The van der Waals surface area contributed by atoms with Crippen molar-refractivity contribution in [1.29, 1.82) is 0 Å². The number of hydrogen-bond donors (Lipinski definition) is 1. The number of ketones is 1. The van der Waals surface area contributed by atoms with Gasteiger partial charge in [-0.05, 0) is 38.8 Å². The summed E-state index contributed by atoms with van der Waals surface area (Å²) in [6.45, 7) is 1.33. The van der Waals surface area contributed by atoms with Crippen molar-refractivity contribution in [1.82, 2.24) is 0 Å². The van der Waals surface area contributed by atoms with Crippen LogP contribution in [-0.2, 0) is 10.7 Å². The van der Waals surface area contributed by atoms with E-state index in [1.807, 2.05) is 0 Å². The van der Waals surface area contributed by atoms with Gasteiger partial charge in [0.15, 0.2) is 16.5 Å². The smallest absolute Gasteiger partial charge is 0.171 e. The molecule has 72 valence electrons. The van der Waals surface area contributed by atoms with Gasteiger partial charge in [-0.25, -0.2) is 8.42 Å². The standard InChI is InChI=1S/C6H4Br2O3S2/c1-2(9)3-4(13(10)11)6(8)12-5(3)7/h13H,1H3. The highest BCUT2D eigenvalue weighted by atomic mass is 79.9. The van der Waals surface area contributed by atoms with Crippen LogP contribution in [0.5, 0.6) is 0 Å². The lowest BCUT2D eigenvalue weighted by atomic mass is 10.2. The Hall–Kier alpha value is 0.280. The molecule has 0 N–H and O–H groups in total. The molecule has 1 aromatic heterocycles. The predicted molar refractivity (Wildman–Crippen MR) is 58.3 cm³/mol. The van der Waals surface area contributed by atoms with Crippen LogP contribution in [0.2, 0.25) is 0 Å². The zero-order valence-corrected chi connectivity index (χ0v) is 11.2. The van der Waals surface area contributed by atoms with Crippen LogP contribution in [0.25, 0.3) is 0 Å². The number of thiol groups is 1. The number of rotatable bonds is 2. The quantitative estimate of drug-likeness (QED) is 0.660. The highest BCUT2D eigenvalue weighted by Gasteiger charge is 2.20. The molecule has 0 radical (unpaired) electrons. The highest BCUT2D eigenvalue weighted by Crippen LogP contribution is 2.38. The molecule has 0 spiro atoms. The van der Waals surface area contributed by atoms with E-state index in [-0.39, 0.29) is 16.2 Å². The van der Waals surface area contributed by atoms with E-state index in [1.54, 1.807) is 0 Å². The molecule has 1 rings (SSSR count). The average molecular weight is 348 g/mol. The fraction of sp³-hybridized carbons (Fsp3) is 0.167. The van der Waals surface area contributed by atoms with Gasteiger partial charge in [0.1, 0.15) is 4.90 Å². The van der Waals surface area contributed by atoms with E-state index in [0.29, 0.717) is 7.57 Å². The van der Waals surface area contributed by atoms with Crippen LogP contribution < -0.4 is 0 Å². The van der Waals surface area contributed by atoms with Gasteiger partial charge in [-0.2, -0.15) is 0 Å². The number of Topliss-reactive ketones (excluding diaryl/α,β-unsaturated/α-hetero) is 1. The molecule has 0 saturated heterocycles. The lowest BCUT2D eigenvalue weighted by Gasteiger charge is -1.92. The van der Waals surface area contributed by atoms with E-state index in [1.165, 1.54) is 18.3 Å². The van der Waals surface area contributed by atoms with Crippen molar-refractivity contribution in [3.63, 3.8) is 0 Å². The Bertz CT molecular complexity index is 425. The fourth-order valence-electron chi connectivity index (χ4n) is 0.838. The maximum atomic E-state index is 11.1. The lowest BCUT2D eigenvalue weighted by Crippen LogP contribution is -1.95. The molecule has 0 aliphatic carbocycles. The molecule has 0 aliphatic heterocycles. The summed E-state index contributed by atoms with van der Waals surface area (Å²) in [4.78, 5) is 11.2. The normalized spacial score (nSPS) is 10.8. The molecule has 1 aromatic rings. The Morgan fingerprint density at radius 1 is 1.31 bits per heavy atom. The molecular formula is C6H4Br2O3S2. The zero-order valence-electron chi connectivity index (χ0n) is 6.34. The van der Waals surface area contributed by atoms with Crippen LogP contribution in [0, 0.1) is 0 Å². The summed E-state index contributed by atoms with van der Waals surface area (Å²) in [5, 5.41) is 0. The molecule has 3 nitrogen and oxygen atoms in total. The second-order valence-electron chi connectivity index (χ2n) is 2.19. The maximum absolute atomic E-state index is 11.1. The molecule has 13 heavy (non-hydrogen) atoms. The molecule has 0 aromatic carbocycles. The van der Waals surface area contributed by atoms with Gasteiger partial charge in [0.2, 0.25) is 0 Å². The molecule has 0 amide bonds. The van der Waals surface area contributed by atoms with E-state index < -0.39 is 10.7 Å². The number of halogens is 2. The third-order valence-electron chi connectivity index (χ3n) is 1.33. The molecule has 0 aliphatic rings. The summed E-state index contributed by atoms with van der Waals surface area (Å²) in [6, 6.07) is 0. The van der Waals surface area contributed by atoms with Gasteiger partial charge in [0.25, 0.3) is 0 Å². The topological polar surface area (TPSA) is 51.2 Å². The third kappa shape index (κ3) is 2.20. The molecule has 1 heterocycles. The minimum atomic E-state index is -2.74. The Kier molecular flexibility index (Phi) is 3.67. The van der Waals surface area contributed by atoms with Crippen LogP contribution in [0.15, 0.2) is 12.5 Å². The Morgan fingerprint density at radius 3 is 2.15 bits per heavy atom. The summed E-state index contributed by atoms with van der Waals surface area (Å²) < 4.78 is 22.6. The average Bonchev–Trinajstić information content (AvgIpc) is 2.24. The number of thiophene rings is 1. The summed E-state index contributed by atoms with van der Waals surface area (Å²) in [6.07, 6.45) is 0. The van der Waals surface area contributed by atoms with Crippen LogP contribution in [0.4, 0.5) is 0 Å².